The van der Waals surface area contributed by atoms with E-state index in [1.807, 2.05) is 0 Å². The maximum Gasteiger partial charge on any atom is 0.407 e. The Morgan fingerprint density at radius 2 is 0.847 bits per heavy atom. The van der Waals surface area contributed by atoms with Gasteiger partial charge in [-0.05, 0) is 101 Å². The number of nitrogens with zero attached hydrogens (tertiary/aromatic N) is 3. The number of nitrogens with two attached hydrogens (primary N) is 1. The Balaban J connectivity index is 1.06. The van der Waals surface area contributed by atoms with Crippen molar-refractivity contribution in [2.24, 2.45) is 0 Å². The number of nitrogens with one attached hydrogen (secondary N) is 4. The van der Waals surface area contributed by atoms with Crippen molar-refractivity contribution in [1.29, 1.82) is 0 Å². The topological polar surface area (TPSA) is 321 Å². The predicted octanol–water partition coefficient (Wildman–Crippen LogP) is 19.3. The molecule has 2 heterocycles. The minimum absolute atomic E-state index is 0.00904. The Morgan fingerprint density at radius 1 is 0.450 bits per heavy atom. The Labute approximate surface area is 667 Å². The number of hydrogen-bond acceptors (Lipinski definition) is 19. The lowest BCUT2D eigenvalue weighted by Crippen LogP contribution is -2.41. The van der Waals surface area contributed by atoms with E-state index in [9.17, 15) is 38.7 Å². The van der Waals surface area contributed by atoms with Gasteiger partial charge in [0, 0.05) is 89.4 Å². The van der Waals surface area contributed by atoms with Crippen LogP contribution in [0.3, 0.4) is 0 Å². The number of carbonyl (C=O) groups is 6. The smallest absolute Gasteiger partial charge is 0.407 e. The number of H-pyrrole nitrogens is 1. The molecule has 0 fully saturated rings. The molecule has 23 nitrogen and oxygen atoms in total. The fourth-order valence-electron chi connectivity index (χ4n) is 13.4. The zero-order chi connectivity index (χ0) is 79.8. The molecule has 0 radical (unpaired) electrons. The van der Waals surface area contributed by atoms with Crippen LogP contribution in [0.15, 0.2) is 35.3 Å². The number of aliphatic carboxylic acids is 1. The molecule has 111 heavy (non-hydrogen) atoms. The number of ether oxygens (including phenoxy) is 7. The summed E-state index contributed by atoms with van der Waals surface area (Å²) in [6.45, 7) is 11.1. The summed E-state index contributed by atoms with van der Waals surface area (Å²) >= 11 is 0. The molecule has 0 unspecified atom stereocenters. The highest BCUT2D eigenvalue weighted by atomic mass is 16.6. The van der Waals surface area contributed by atoms with Crippen molar-refractivity contribution in [3.63, 3.8) is 0 Å². The first-order valence-corrected chi connectivity index (χ1v) is 44.2. The van der Waals surface area contributed by atoms with E-state index in [1.54, 1.807) is 12.1 Å². The molecule has 7 N–H and O–H groups in total. The van der Waals surface area contributed by atoms with Crippen LogP contribution in [-0.4, -0.2) is 158 Å². The molecule has 0 aliphatic carbocycles. The Morgan fingerprint density at radius 3 is 1.32 bits per heavy atom. The van der Waals surface area contributed by atoms with E-state index >= 15 is 0 Å². The van der Waals surface area contributed by atoms with Crippen LogP contribution in [0.4, 0.5) is 16.4 Å². The fraction of sp³-hybridized carbons (Fsp3) is 0.795. The second kappa shape index (κ2) is 71.8. The second-order valence-electron chi connectivity index (χ2n) is 30.4. The summed E-state index contributed by atoms with van der Waals surface area (Å²) in [5.41, 5.74) is 6.61. The van der Waals surface area contributed by atoms with Crippen LogP contribution in [0.1, 0.15) is 364 Å². The molecule has 2 aromatic heterocycles. The summed E-state index contributed by atoms with van der Waals surface area (Å²) in [5, 5.41) is 18.3. The largest absolute Gasteiger partial charge is 0.480 e. The molecule has 3 rings (SSSR count). The minimum Gasteiger partial charge on any atom is -0.480 e. The SMILES string of the molecule is CCCCCCCCCCCCCCCCCCCC[C@@H](COC(=O)NCCCCCC(=O)CCCCOCCOCCCC(=O)CCCCOCCOCCOCCCCC(=O)CC[C@@H](NC(=O)c1ccc(NCc2cnc3nc(N)[nH]c(=O)c3n2)cc1)C(=O)O)OCCCCCCCCCCCCCCCCCC. The number of alkyl carbamates (subject to hydrolysis) is 1. The predicted molar refractivity (Wildman–Crippen MR) is 445 cm³/mol. The molecule has 2 atom stereocenters. The molecule has 0 saturated carbocycles. The lowest BCUT2D eigenvalue weighted by atomic mass is 10.0. The fourth-order valence-corrected chi connectivity index (χ4v) is 13.4. The number of aromatic nitrogens is 4. The number of carbonyl (C=O) groups excluding carboxylic acids is 5. The number of carboxylic acid groups (broad SMARTS) is 1. The highest BCUT2D eigenvalue weighted by Gasteiger charge is 2.22. The summed E-state index contributed by atoms with van der Waals surface area (Å²) in [4.78, 5) is 102. The third-order valence-electron chi connectivity index (χ3n) is 20.3. The number of nitrogen functional groups attached to an aromatic ring is 1. The molecule has 0 aliphatic rings. The maximum absolute atomic E-state index is 12.9. The van der Waals surface area contributed by atoms with Crippen molar-refractivity contribution in [3.05, 3.63) is 52.1 Å². The molecule has 0 spiro atoms. The first-order valence-electron chi connectivity index (χ1n) is 44.2. The van der Waals surface area contributed by atoms with Crippen LogP contribution < -0.4 is 27.2 Å². The summed E-state index contributed by atoms with van der Waals surface area (Å²) in [5.74, 6) is -1.48. The number of anilines is 2. The number of ketones is 3. The van der Waals surface area contributed by atoms with E-state index < -0.39 is 23.5 Å². The summed E-state index contributed by atoms with van der Waals surface area (Å²) in [6, 6.07) is 5.14. The third kappa shape index (κ3) is 58.5. The monoisotopic (exact) mass is 1560 g/mol. The molecule has 1 aromatic carbocycles. The lowest BCUT2D eigenvalue weighted by Gasteiger charge is -2.18. The average Bonchev–Trinajstić information content (AvgIpc) is 0.812. The third-order valence-corrected chi connectivity index (χ3v) is 20.3. The van der Waals surface area contributed by atoms with Crippen LogP contribution in [-0.2, 0) is 58.9 Å². The maximum atomic E-state index is 12.9. The van der Waals surface area contributed by atoms with Crippen molar-refractivity contribution in [2.75, 3.05) is 96.9 Å². The van der Waals surface area contributed by atoms with Gasteiger partial charge in [0.25, 0.3) is 11.5 Å². The van der Waals surface area contributed by atoms with Gasteiger partial charge in [-0.25, -0.2) is 19.6 Å². The van der Waals surface area contributed by atoms with E-state index in [0.717, 1.165) is 70.8 Å². The van der Waals surface area contributed by atoms with Gasteiger partial charge < -0.3 is 59.9 Å². The van der Waals surface area contributed by atoms with Crippen molar-refractivity contribution >= 4 is 58.1 Å². The minimum atomic E-state index is -1.24. The molecule has 2 amide bonds. The number of hydrogen-bond donors (Lipinski definition) is 6. The van der Waals surface area contributed by atoms with Gasteiger partial charge in [0.05, 0.1) is 64.2 Å². The average molecular weight is 1560 g/mol. The number of fused-ring (bicyclic) bond motifs is 1. The molecule has 0 saturated heterocycles. The summed E-state index contributed by atoms with van der Waals surface area (Å²) in [6.07, 6.45) is 57.9. The van der Waals surface area contributed by atoms with Crippen LogP contribution in [0, 0.1) is 0 Å². The van der Waals surface area contributed by atoms with Gasteiger partial charge in [-0.3, -0.25) is 29.0 Å². The van der Waals surface area contributed by atoms with Gasteiger partial charge >= 0.3 is 12.1 Å². The number of aromatic amines is 1. The van der Waals surface area contributed by atoms with Crippen LogP contribution in [0.2, 0.25) is 0 Å². The second-order valence-corrected chi connectivity index (χ2v) is 30.4. The standard InChI is InChI=1S/C88H152N8O15/c1-3-5-7-9-11-13-15-17-19-21-22-23-25-27-29-31-33-37-52-80(110-64-42-34-32-30-28-26-24-20-18-16-14-12-10-8-6-4-2)73-111-88(104)90-59-41-35-36-47-77(97)48-38-43-60-105-65-66-108-63-46-51-78(98)49-39-44-61-106-67-69-109-70-68-107-62-45-40-50-79(99)57-58-81(86(102)103)94-84(100)74-53-55-75(56-54-74)91-71-76-72-92-83-82(93-76)85(101)96-87(89)95-83/h53-56,72,80-81,91H,3-52,57-71,73H2,1-2H3,(H,90,104)(H,94,100)(H,102,103)(H3,89,92,95,96,101)/t80-,81+/m0/s1. The highest BCUT2D eigenvalue weighted by molar-refractivity contribution is 5.97. The number of benzene rings is 1. The van der Waals surface area contributed by atoms with E-state index in [1.165, 1.54) is 224 Å². The molecule has 23 heteroatoms. The quantitative estimate of drug-likeness (QED) is 0.0286. The van der Waals surface area contributed by atoms with Crippen LogP contribution in [0.5, 0.6) is 0 Å². The molecule has 634 valence electrons. The highest BCUT2D eigenvalue weighted by Crippen LogP contribution is 2.20. The number of unbranched alkanes of at least 4 members (excludes halogenated alkanes) is 37. The first kappa shape index (κ1) is 99.2. The van der Waals surface area contributed by atoms with Crippen molar-refractivity contribution in [2.45, 2.75) is 366 Å². The number of rotatable bonds is 82. The zero-order valence-corrected chi connectivity index (χ0v) is 69.3. The lowest BCUT2D eigenvalue weighted by molar-refractivity contribution is -0.139. The van der Waals surface area contributed by atoms with Crippen molar-refractivity contribution in [1.82, 2.24) is 30.6 Å². The zero-order valence-electron chi connectivity index (χ0n) is 69.3. The van der Waals surface area contributed by atoms with Gasteiger partial charge in [0.15, 0.2) is 11.2 Å². The molecule has 0 bridgehead atoms. The molecule has 0 aliphatic heterocycles. The van der Waals surface area contributed by atoms with E-state index in [2.05, 4.69) is 49.7 Å². The van der Waals surface area contributed by atoms with Crippen molar-refractivity contribution in [3.8, 4) is 0 Å². The molecular formula is C88H152N8O15. The van der Waals surface area contributed by atoms with Gasteiger partial charge in [0.2, 0.25) is 5.95 Å². The molecular weight excluding hydrogens is 1410 g/mol. The Bertz CT molecular complexity index is 2850. The normalized spacial score (nSPS) is 12.0. The summed E-state index contributed by atoms with van der Waals surface area (Å²) < 4.78 is 40.3. The van der Waals surface area contributed by atoms with Crippen LogP contribution in [0.25, 0.3) is 11.2 Å². The number of carboxylic acids is 1. The van der Waals surface area contributed by atoms with Crippen molar-refractivity contribution < 1.29 is 67.0 Å². The van der Waals surface area contributed by atoms with E-state index in [4.69, 9.17) is 38.9 Å². The number of amides is 2. The van der Waals surface area contributed by atoms with Gasteiger partial charge in [-0.15, -0.1) is 0 Å². The van der Waals surface area contributed by atoms with Crippen LogP contribution >= 0.6 is 0 Å². The molecule has 3 aromatic rings. The number of Topliss-reactive ketones (excluding diaryl/α,β-unsaturated/α-hetero) is 3. The van der Waals surface area contributed by atoms with E-state index in [-0.39, 0.29) is 78.0 Å². The van der Waals surface area contributed by atoms with E-state index in [0.29, 0.717) is 136 Å². The Hall–Kier alpha value is -5.98. The summed E-state index contributed by atoms with van der Waals surface area (Å²) in [7, 11) is 0. The van der Waals surface area contributed by atoms with Gasteiger partial charge in [0.1, 0.15) is 30.0 Å². The first-order chi connectivity index (χ1) is 54.4. The Kier molecular flexibility index (Phi) is 64.2. The van der Waals surface area contributed by atoms with Gasteiger partial charge in [-0.2, -0.15) is 4.98 Å². The van der Waals surface area contributed by atoms with Gasteiger partial charge in [-0.1, -0.05) is 232 Å².